The second-order valence-electron chi connectivity index (χ2n) is 4.19. The van der Waals surface area contributed by atoms with Gasteiger partial charge in [0.15, 0.2) is 0 Å². The third-order valence-corrected chi connectivity index (χ3v) is 4.28. The summed E-state index contributed by atoms with van der Waals surface area (Å²) in [7, 11) is -0.522. The topological polar surface area (TPSA) is 77.5 Å². The van der Waals surface area contributed by atoms with Gasteiger partial charge in [0.2, 0.25) is 10.0 Å². The van der Waals surface area contributed by atoms with Crippen molar-refractivity contribution in [3.05, 3.63) is 48.3 Å². The zero-order valence-corrected chi connectivity index (χ0v) is 12.6. The van der Waals surface area contributed by atoms with Crippen LogP contribution in [0.25, 0.3) is 0 Å². The highest BCUT2D eigenvalue weighted by atomic mass is 32.2. The summed E-state index contributed by atoms with van der Waals surface area (Å²) in [5, 5.41) is 0. The van der Waals surface area contributed by atoms with Crippen LogP contribution in [0.3, 0.4) is 0 Å². The van der Waals surface area contributed by atoms with E-state index in [4.69, 9.17) is 9.47 Å². The standard InChI is InChI=1S/C14H16N2O4S/c1-19-12-6-5-11(14(8-12)20-2)9-16-21(17,18)13-4-3-7-15-10-13/h3-8,10,16H,9H2,1-2H3. The Kier molecular flexibility index (Phi) is 4.77. The summed E-state index contributed by atoms with van der Waals surface area (Å²) in [6.45, 7) is 0.115. The lowest BCUT2D eigenvalue weighted by Gasteiger charge is -2.11. The molecule has 7 heteroatoms. The van der Waals surface area contributed by atoms with E-state index in [-0.39, 0.29) is 11.4 Å². The molecule has 1 aromatic heterocycles. The molecule has 1 aromatic carbocycles. The molecule has 0 atom stereocenters. The van der Waals surface area contributed by atoms with E-state index in [0.29, 0.717) is 17.1 Å². The number of benzene rings is 1. The molecule has 0 unspecified atom stereocenters. The van der Waals surface area contributed by atoms with Gasteiger partial charge in [0.05, 0.1) is 14.2 Å². The average molecular weight is 308 g/mol. The molecule has 1 heterocycles. The molecule has 0 radical (unpaired) electrons. The molecule has 0 aliphatic carbocycles. The van der Waals surface area contributed by atoms with Gasteiger partial charge in [0, 0.05) is 30.6 Å². The van der Waals surface area contributed by atoms with Gasteiger partial charge in [-0.25, -0.2) is 13.1 Å². The van der Waals surface area contributed by atoms with Gasteiger partial charge in [0.25, 0.3) is 0 Å². The van der Waals surface area contributed by atoms with Gasteiger partial charge in [-0.3, -0.25) is 4.98 Å². The van der Waals surface area contributed by atoms with E-state index in [2.05, 4.69) is 9.71 Å². The van der Waals surface area contributed by atoms with Crippen LogP contribution in [-0.2, 0) is 16.6 Å². The minimum atomic E-state index is -3.60. The van der Waals surface area contributed by atoms with Crippen LogP contribution >= 0.6 is 0 Å². The minimum Gasteiger partial charge on any atom is -0.497 e. The molecular weight excluding hydrogens is 292 g/mol. The number of hydrogen-bond donors (Lipinski definition) is 1. The first-order valence-corrected chi connectivity index (χ1v) is 7.66. The third kappa shape index (κ3) is 3.71. The number of hydrogen-bond acceptors (Lipinski definition) is 5. The van der Waals surface area contributed by atoms with E-state index in [1.54, 1.807) is 31.4 Å². The van der Waals surface area contributed by atoms with E-state index >= 15 is 0 Å². The monoisotopic (exact) mass is 308 g/mol. The molecule has 0 aliphatic rings. The Morgan fingerprint density at radius 1 is 1.19 bits per heavy atom. The summed E-state index contributed by atoms with van der Waals surface area (Å²) in [6, 6.07) is 8.26. The predicted octanol–water partition coefficient (Wildman–Crippen LogP) is 1.58. The van der Waals surface area contributed by atoms with Gasteiger partial charge >= 0.3 is 0 Å². The molecular formula is C14H16N2O4S. The SMILES string of the molecule is COc1ccc(CNS(=O)(=O)c2cccnc2)c(OC)c1. The molecule has 2 aromatic rings. The van der Waals surface area contributed by atoms with Crippen molar-refractivity contribution < 1.29 is 17.9 Å². The van der Waals surface area contributed by atoms with Crippen molar-refractivity contribution >= 4 is 10.0 Å². The zero-order chi connectivity index (χ0) is 15.3. The highest BCUT2D eigenvalue weighted by Crippen LogP contribution is 2.24. The molecule has 0 spiro atoms. The Morgan fingerprint density at radius 2 is 2.00 bits per heavy atom. The molecule has 6 nitrogen and oxygen atoms in total. The van der Waals surface area contributed by atoms with Gasteiger partial charge in [-0.15, -0.1) is 0 Å². The van der Waals surface area contributed by atoms with Crippen molar-refractivity contribution in [2.75, 3.05) is 14.2 Å². The first-order chi connectivity index (χ1) is 10.1. The van der Waals surface area contributed by atoms with Crippen molar-refractivity contribution in [1.82, 2.24) is 9.71 Å². The maximum Gasteiger partial charge on any atom is 0.242 e. The Morgan fingerprint density at radius 3 is 2.62 bits per heavy atom. The number of nitrogens with zero attached hydrogens (tertiary/aromatic N) is 1. The molecule has 0 aliphatic heterocycles. The van der Waals surface area contributed by atoms with Crippen LogP contribution in [0.15, 0.2) is 47.6 Å². The summed E-state index contributed by atoms with van der Waals surface area (Å²) >= 11 is 0. The number of sulfonamides is 1. The van der Waals surface area contributed by atoms with Crippen LogP contribution < -0.4 is 14.2 Å². The Hall–Kier alpha value is -2.12. The highest BCUT2D eigenvalue weighted by Gasteiger charge is 2.15. The van der Waals surface area contributed by atoms with E-state index < -0.39 is 10.0 Å². The van der Waals surface area contributed by atoms with Crippen LogP contribution in [0.4, 0.5) is 0 Å². The molecule has 0 saturated carbocycles. The van der Waals surface area contributed by atoms with Crippen molar-refractivity contribution in [3.63, 3.8) is 0 Å². The Bertz CT molecular complexity index is 702. The number of methoxy groups -OCH3 is 2. The van der Waals surface area contributed by atoms with Crippen LogP contribution in [0.2, 0.25) is 0 Å². The van der Waals surface area contributed by atoms with Crippen LogP contribution in [0.5, 0.6) is 11.5 Å². The van der Waals surface area contributed by atoms with Crippen LogP contribution in [-0.4, -0.2) is 27.6 Å². The van der Waals surface area contributed by atoms with E-state index in [0.717, 1.165) is 0 Å². The van der Waals surface area contributed by atoms with Crippen LogP contribution in [0.1, 0.15) is 5.56 Å². The second kappa shape index (κ2) is 6.55. The smallest absolute Gasteiger partial charge is 0.242 e. The van der Waals surface area contributed by atoms with Crippen molar-refractivity contribution in [1.29, 1.82) is 0 Å². The van der Waals surface area contributed by atoms with Gasteiger partial charge in [-0.05, 0) is 18.2 Å². The summed E-state index contributed by atoms with van der Waals surface area (Å²) < 4.78 is 37.1. The van der Waals surface area contributed by atoms with Gasteiger partial charge in [0.1, 0.15) is 16.4 Å². The zero-order valence-electron chi connectivity index (χ0n) is 11.7. The number of ether oxygens (including phenoxy) is 2. The molecule has 0 saturated heterocycles. The molecule has 0 bridgehead atoms. The summed E-state index contributed by atoms with van der Waals surface area (Å²) in [5.74, 6) is 1.20. The fourth-order valence-electron chi connectivity index (χ4n) is 1.76. The van der Waals surface area contributed by atoms with Gasteiger partial charge in [-0.2, -0.15) is 0 Å². The maximum atomic E-state index is 12.1. The van der Waals surface area contributed by atoms with Crippen molar-refractivity contribution in [2.24, 2.45) is 0 Å². The third-order valence-electron chi connectivity index (χ3n) is 2.89. The number of pyridine rings is 1. The summed E-state index contributed by atoms with van der Waals surface area (Å²) in [4.78, 5) is 3.92. The lowest BCUT2D eigenvalue weighted by atomic mass is 10.2. The minimum absolute atomic E-state index is 0.115. The highest BCUT2D eigenvalue weighted by molar-refractivity contribution is 7.89. The summed E-state index contributed by atoms with van der Waals surface area (Å²) in [5.41, 5.74) is 0.714. The lowest BCUT2D eigenvalue weighted by Crippen LogP contribution is -2.23. The van der Waals surface area contributed by atoms with E-state index in [1.807, 2.05) is 0 Å². The molecule has 21 heavy (non-hydrogen) atoms. The van der Waals surface area contributed by atoms with Gasteiger partial charge < -0.3 is 9.47 Å². The first-order valence-electron chi connectivity index (χ1n) is 6.17. The maximum absolute atomic E-state index is 12.1. The molecule has 2 rings (SSSR count). The van der Waals surface area contributed by atoms with Crippen LogP contribution in [0, 0.1) is 0 Å². The number of nitrogens with one attached hydrogen (secondary N) is 1. The van der Waals surface area contributed by atoms with Crippen molar-refractivity contribution in [3.8, 4) is 11.5 Å². The number of rotatable bonds is 6. The van der Waals surface area contributed by atoms with E-state index in [9.17, 15) is 8.42 Å². The fraction of sp³-hybridized carbons (Fsp3) is 0.214. The average Bonchev–Trinajstić information content (AvgIpc) is 2.53. The number of aromatic nitrogens is 1. The quantitative estimate of drug-likeness (QED) is 0.876. The molecule has 112 valence electrons. The largest absolute Gasteiger partial charge is 0.497 e. The molecule has 0 amide bonds. The fourth-order valence-corrected chi connectivity index (χ4v) is 2.73. The van der Waals surface area contributed by atoms with E-state index in [1.165, 1.54) is 25.6 Å². The summed E-state index contributed by atoms with van der Waals surface area (Å²) in [6.07, 6.45) is 2.82. The molecule has 0 fully saturated rings. The lowest BCUT2D eigenvalue weighted by molar-refractivity contribution is 0.390. The second-order valence-corrected chi connectivity index (χ2v) is 5.96. The molecule has 1 N–H and O–H groups in total. The predicted molar refractivity (Wildman–Crippen MR) is 77.8 cm³/mol. The first kappa shape index (κ1) is 15.3. The van der Waals surface area contributed by atoms with Gasteiger partial charge in [-0.1, -0.05) is 6.07 Å². The Labute approximate surface area is 123 Å². The van der Waals surface area contributed by atoms with Crippen molar-refractivity contribution in [2.45, 2.75) is 11.4 Å². The normalized spacial score (nSPS) is 11.1. The Balaban J connectivity index is 2.16.